The third-order valence-corrected chi connectivity index (χ3v) is 4.71. The quantitative estimate of drug-likeness (QED) is 0.885. The molecule has 1 fully saturated rings. The van der Waals surface area contributed by atoms with Crippen LogP contribution >= 0.6 is 15.9 Å². The van der Waals surface area contributed by atoms with Gasteiger partial charge in [-0.15, -0.1) is 0 Å². The second-order valence-corrected chi connectivity index (χ2v) is 6.89. The van der Waals surface area contributed by atoms with Gasteiger partial charge in [-0.2, -0.15) is 0 Å². The monoisotopic (exact) mass is 324 g/mol. The third-order valence-electron chi connectivity index (χ3n) is 3.85. The number of rotatable bonds is 5. The molecular weight excluding hydrogens is 300 g/mol. The van der Waals surface area contributed by atoms with Crippen molar-refractivity contribution in [1.82, 2.24) is 5.32 Å². The van der Waals surface area contributed by atoms with Gasteiger partial charge in [0.1, 0.15) is 0 Å². The van der Waals surface area contributed by atoms with E-state index in [4.69, 9.17) is 0 Å². The Morgan fingerprint density at radius 1 is 1.42 bits per heavy atom. The molecule has 1 aliphatic heterocycles. The zero-order valence-electron chi connectivity index (χ0n) is 12.2. The van der Waals surface area contributed by atoms with Gasteiger partial charge in [0.15, 0.2) is 0 Å². The van der Waals surface area contributed by atoms with Crippen LogP contribution in [0.4, 0.5) is 5.69 Å². The first kappa shape index (κ1) is 14.9. The second kappa shape index (κ2) is 6.76. The van der Waals surface area contributed by atoms with Crippen molar-refractivity contribution < 1.29 is 0 Å². The van der Waals surface area contributed by atoms with Crippen LogP contribution in [0.5, 0.6) is 0 Å². The Morgan fingerprint density at radius 3 is 2.95 bits per heavy atom. The lowest BCUT2D eigenvalue weighted by atomic mass is 10.1. The molecule has 1 atom stereocenters. The van der Waals surface area contributed by atoms with Gasteiger partial charge in [0.05, 0.1) is 0 Å². The molecule has 3 heteroatoms. The van der Waals surface area contributed by atoms with E-state index < -0.39 is 0 Å². The summed E-state index contributed by atoms with van der Waals surface area (Å²) in [6, 6.07) is 6.50. The van der Waals surface area contributed by atoms with Crippen LogP contribution in [-0.2, 0) is 0 Å². The van der Waals surface area contributed by atoms with Crippen molar-refractivity contribution in [3.05, 3.63) is 28.2 Å². The first-order chi connectivity index (χ1) is 9.08. The number of hydrogen-bond donors (Lipinski definition) is 1. The minimum Gasteiger partial charge on any atom is -0.371 e. The standard InChI is InChI=1S/C16H25BrN2/c1-12(2)9-18-10-14-7-8-19(11-14)16-6-4-5-15(17)13(16)3/h4-6,12,14,18H,7-11H2,1-3H3. The minimum atomic E-state index is 0.741. The lowest BCUT2D eigenvalue weighted by molar-refractivity contribution is 0.477. The maximum absolute atomic E-state index is 3.63. The van der Waals surface area contributed by atoms with Gasteiger partial charge in [-0.05, 0) is 56.0 Å². The molecule has 1 saturated heterocycles. The van der Waals surface area contributed by atoms with E-state index in [1.807, 2.05) is 0 Å². The van der Waals surface area contributed by atoms with Crippen LogP contribution in [0.1, 0.15) is 25.8 Å². The van der Waals surface area contributed by atoms with E-state index >= 15 is 0 Å². The molecular formula is C16H25BrN2. The summed E-state index contributed by atoms with van der Waals surface area (Å²) < 4.78 is 1.21. The summed E-state index contributed by atoms with van der Waals surface area (Å²) in [6.07, 6.45) is 1.30. The van der Waals surface area contributed by atoms with E-state index in [2.05, 4.69) is 65.1 Å². The maximum Gasteiger partial charge on any atom is 0.0407 e. The van der Waals surface area contributed by atoms with Crippen LogP contribution in [0.25, 0.3) is 0 Å². The predicted octanol–water partition coefficient (Wildman–Crippen LogP) is 3.83. The summed E-state index contributed by atoms with van der Waals surface area (Å²) in [5.41, 5.74) is 2.75. The molecule has 1 N–H and O–H groups in total. The van der Waals surface area contributed by atoms with E-state index in [1.165, 1.54) is 35.2 Å². The summed E-state index contributed by atoms with van der Waals surface area (Å²) >= 11 is 3.63. The highest BCUT2D eigenvalue weighted by atomic mass is 79.9. The van der Waals surface area contributed by atoms with Gasteiger partial charge in [0.25, 0.3) is 0 Å². The molecule has 0 radical (unpaired) electrons. The summed E-state index contributed by atoms with van der Waals surface area (Å²) in [6.45, 7) is 11.4. The molecule has 0 aromatic heterocycles. The topological polar surface area (TPSA) is 15.3 Å². The molecule has 1 heterocycles. The summed E-state index contributed by atoms with van der Waals surface area (Å²) in [7, 11) is 0. The largest absolute Gasteiger partial charge is 0.371 e. The number of halogens is 1. The molecule has 1 aromatic rings. The van der Waals surface area contributed by atoms with Crippen LogP contribution in [0, 0.1) is 18.8 Å². The van der Waals surface area contributed by atoms with Gasteiger partial charge >= 0.3 is 0 Å². The summed E-state index contributed by atoms with van der Waals surface area (Å²) in [4.78, 5) is 2.53. The Kier molecular flexibility index (Phi) is 5.28. The van der Waals surface area contributed by atoms with Gasteiger partial charge in [-0.25, -0.2) is 0 Å². The van der Waals surface area contributed by atoms with Crippen molar-refractivity contribution in [3.8, 4) is 0 Å². The zero-order chi connectivity index (χ0) is 13.8. The van der Waals surface area contributed by atoms with E-state index in [1.54, 1.807) is 0 Å². The predicted molar refractivity (Wildman–Crippen MR) is 86.9 cm³/mol. The molecule has 1 aromatic carbocycles. The van der Waals surface area contributed by atoms with Crippen molar-refractivity contribution in [2.75, 3.05) is 31.1 Å². The number of hydrogen-bond acceptors (Lipinski definition) is 2. The molecule has 19 heavy (non-hydrogen) atoms. The first-order valence-electron chi connectivity index (χ1n) is 7.28. The molecule has 1 unspecified atom stereocenters. The van der Waals surface area contributed by atoms with E-state index in [-0.39, 0.29) is 0 Å². The maximum atomic E-state index is 3.63. The highest BCUT2D eigenvalue weighted by molar-refractivity contribution is 9.10. The average Bonchev–Trinajstić information content (AvgIpc) is 2.81. The number of nitrogens with zero attached hydrogens (tertiary/aromatic N) is 1. The Balaban J connectivity index is 1.89. The summed E-state index contributed by atoms with van der Waals surface area (Å²) in [5, 5.41) is 3.59. The Morgan fingerprint density at radius 2 is 2.21 bits per heavy atom. The fourth-order valence-corrected chi connectivity index (χ4v) is 3.09. The van der Waals surface area contributed by atoms with Crippen molar-refractivity contribution >= 4 is 21.6 Å². The average molecular weight is 325 g/mol. The van der Waals surface area contributed by atoms with Crippen LogP contribution in [0.3, 0.4) is 0 Å². The Labute approximate surface area is 125 Å². The molecule has 0 spiro atoms. The molecule has 2 nitrogen and oxygen atoms in total. The number of nitrogens with one attached hydrogen (secondary N) is 1. The van der Waals surface area contributed by atoms with Crippen LogP contribution in [0.15, 0.2) is 22.7 Å². The lowest BCUT2D eigenvalue weighted by Crippen LogP contribution is -2.28. The van der Waals surface area contributed by atoms with Gasteiger partial charge in [0.2, 0.25) is 0 Å². The van der Waals surface area contributed by atoms with E-state index in [0.29, 0.717) is 0 Å². The van der Waals surface area contributed by atoms with E-state index in [9.17, 15) is 0 Å². The molecule has 106 valence electrons. The molecule has 0 amide bonds. The molecule has 0 saturated carbocycles. The highest BCUT2D eigenvalue weighted by Gasteiger charge is 2.23. The lowest BCUT2D eigenvalue weighted by Gasteiger charge is -2.22. The molecule has 2 rings (SSSR count). The fourth-order valence-electron chi connectivity index (χ4n) is 2.73. The first-order valence-corrected chi connectivity index (χ1v) is 8.08. The molecule has 0 aliphatic carbocycles. The van der Waals surface area contributed by atoms with Crippen LogP contribution < -0.4 is 10.2 Å². The second-order valence-electron chi connectivity index (χ2n) is 6.04. The van der Waals surface area contributed by atoms with Crippen molar-refractivity contribution in [1.29, 1.82) is 0 Å². The number of anilines is 1. The van der Waals surface area contributed by atoms with Crippen molar-refractivity contribution in [2.45, 2.75) is 27.2 Å². The number of benzene rings is 1. The van der Waals surface area contributed by atoms with Crippen molar-refractivity contribution in [2.24, 2.45) is 11.8 Å². The van der Waals surface area contributed by atoms with Crippen LogP contribution in [0.2, 0.25) is 0 Å². The van der Waals surface area contributed by atoms with Gasteiger partial charge in [-0.1, -0.05) is 35.8 Å². The van der Waals surface area contributed by atoms with Gasteiger partial charge in [0, 0.05) is 23.2 Å². The highest BCUT2D eigenvalue weighted by Crippen LogP contribution is 2.30. The van der Waals surface area contributed by atoms with Crippen LogP contribution in [-0.4, -0.2) is 26.2 Å². The zero-order valence-corrected chi connectivity index (χ0v) is 13.8. The normalized spacial score (nSPS) is 19.4. The molecule has 1 aliphatic rings. The molecule has 0 bridgehead atoms. The fraction of sp³-hybridized carbons (Fsp3) is 0.625. The SMILES string of the molecule is Cc1c(Br)cccc1N1CCC(CNCC(C)C)C1. The van der Waals surface area contributed by atoms with Gasteiger partial charge < -0.3 is 10.2 Å². The smallest absolute Gasteiger partial charge is 0.0407 e. The minimum absolute atomic E-state index is 0.741. The van der Waals surface area contributed by atoms with Crippen molar-refractivity contribution in [3.63, 3.8) is 0 Å². The Hall–Kier alpha value is -0.540. The Bertz CT molecular complexity index is 417. The third kappa shape index (κ3) is 3.96. The summed E-state index contributed by atoms with van der Waals surface area (Å²) in [5.74, 6) is 1.53. The van der Waals surface area contributed by atoms with E-state index in [0.717, 1.165) is 24.9 Å². The van der Waals surface area contributed by atoms with Gasteiger partial charge in [-0.3, -0.25) is 0 Å².